The third-order valence-corrected chi connectivity index (χ3v) is 3.59. The van der Waals surface area contributed by atoms with Crippen LogP contribution < -0.4 is 0 Å². The Morgan fingerprint density at radius 1 is 1.21 bits per heavy atom. The van der Waals surface area contributed by atoms with Crippen molar-refractivity contribution in [2.45, 2.75) is 13.8 Å². The highest BCUT2D eigenvalue weighted by Gasteiger charge is 2.11. The molecule has 19 heavy (non-hydrogen) atoms. The molecule has 0 saturated carbocycles. The molecule has 96 valence electrons. The van der Waals surface area contributed by atoms with Crippen LogP contribution >= 0.6 is 11.6 Å². The highest BCUT2D eigenvalue weighted by Crippen LogP contribution is 2.24. The average Bonchev–Trinajstić information content (AvgIpc) is 2.80. The predicted molar refractivity (Wildman–Crippen MR) is 72.9 cm³/mol. The zero-order valence-corrected chi connectivity index (χ0v) is 11.2. The van der Waals surface area contributed by atoms with Crippen molar-refractivity contribution in [2.75, 3.05) is 0 Å². The molecule has 0 aliphatic carbocycles. The number of fused-ring (bicyclic) bond motifs is 1. The maximum Gasteiger partial charge on any atom is 0.156 e. The van der Waals surface area contributed by atoms with E-state index in [1.807, 2.05) is 26.0 Å². The lowest BCUT2D eigenvalue weighted by Gasteiger charge is -2.03. The third-order valence-electron chi connectivity index (χ3n) is 3.05. The van der Waals surface area contributed by atoms with Gasteiger partial charge >= 0.3 is 0 Å². The van der Waals surface area contributed by atoms with Crippen LogP contribution in [-0.2, 0) is 0 Å². The van der Waals surface area contributed by atoms with Crippen LogP contribution in [-0.4, -0.2) is 14.6 Å². The lowest BCUT2D eigenvalue weighted by Crippen LogP contribution is -1.99. The fourth-order valence-corrected chi connectivity index (χ4v) is 2.18. The number of hydrogen-bond donors (Lipinski definition) is 0. The summed E-state index contributed by atoms with van der Waals surface area (Å²) in [5.74, 6) is -0.284. The maximum absolute atomic E-state index is 13.2. The van der Waals surface area contributed by atoms with Gasteiger partial charge in [-0.25, -0.2) is 13.9 Å². The first-order valence-electron chi connectivity index (χ1n) is 5.84. The van der Waals surface area contributed by atoms with Gasteiger partial charge in [-0.05, 0) is 26.0 Å². The molecule has 0 aliphatic heterocycles. The van der Waals surface area contributed by atoms with Gasteiger partial charge in [0.05, 0.1) is 22.1 Å². The quantitative estimate of drug-likeness (QED) is 0.676. The Labute approximate surface area is 114 Å². The molecule has 3 nitrogen and oxygen atoms in total. The summed E-state index contributed by atoms with van der Waals surface area (Å²) in [6.45, 7) is 3.73. The molecule has 0 saturated heterocycles. The summed E-state index contributed by atoms with van der Waals surface area (Å²) in [5, 5.41) is 5.03. The fourth-order valence-electron chi connectivity index (χ4n) is 2.06. The predicted octanol–water partition coefficient (Wildman–Crippen LogP) is 3.81. The van der Waals surface area contributed by atoms with Crippen molar-refractivity contribution in [3.8, 4) is 11.3 Å². The SMILES string of the molecule is Cc1nc2cc(-c3cccc(F)c3)nn2c(C)c1Cl. The van der Waals surface area contributed by atoms with Crippen molar-refractivity contribution < 1.29 is 4.39 Å². The van der Waals surface area contributed by atoms with E-state index >= 15 is 0 Å². The normalized spacial score (nSPS) is 11.2. The van der Waals surface area contributed by atoms with Gasteiger partial charge in [0.1, 0.15) is 5.82 Å². The Hall–Kier alpha value is -1.94. The highest BCUT2D eigenvalue weighted by atomic mass is 35.5. The third kappa shape index (κ3) is 1.98. The average molecular weight is 276 g/mol. The molecule has 2 aromatic heterocycles. The van der Waals surface area contributed by atoms with Gasteiger partial charge in [-0.15, -0.1) is 0 Å². The summed E-state index contributed by atoms with van der Waals surface area (Å²) in [4.78, 5) is 4.38. The molecule has 5 heteroatoms. The van der Waals surface area contributed by atoms with E-state index in [2.05, 4.69) is 10.1 Å². The van der Waals surface area contributed by atoms with Gasteiger partial charge in [-0.2, -0.15) is 5.10 Å². The molecule has 1 aromatic carbocycles. The first-order valence-corrected chi connectivity index (χ1v) is 6.22. The molecule has 3 rings (SSSR count). The highest BCUT2D eigenvalue weighted by molar-refractivity contribution is 6.31. The summed E-state index contributed by atoms with van der Waals surface area (Å²) in [5.41, 5.74) is 3.69. The molecule has 0 unspecified atom stereocenters. The van der Waals surface area contributed by atoms with Gasteiger partial charge in [-0.1, -0.05) is 23.7 Å². The Balaban J connectivity index is 2.25. The van der Waals surface area contributed by atoms with E-state index in [0.717, 1.165) is 17.0 Å². The molecule has 0 fully saturated rings. The van der Waals surface area contributed by atoms with Crippen molar-refractivity contribution in [1.29, 1.82) is 0 Å². The molecule has 0 N–H and O–H groups in total. The van der Waals surface area contributed by atoms with Gasteiger partial charge < -0.3 is 0 Å². The molecule has 0 amide bonds. The molecule has 0 aliphatic rings. The fraction of sp³-hybridized carbons (Fsp3) is 0.143. The summed E-state index contributed by atoms with van der Waals surface area (Å²) < 4.78 is 14.9. The van der Waals surface area contributed by atoms with Crippen LogP contribution in [0.1, 0.15) is 11.4 Å². The monoisotopic (exact) mass is 275 g/mol. The van der Waals surface area contributed by atoms with Crippen molar-refractivity contribution in [1.82, 2.24) is 14.6 Å². The lowest BCUT2D eigenvalue weighted by molar-refractivity contribution is 0.628. The van der Waals surface area contributed by atoms with Gasteiger partial charge in [0.2, 0.25) is 0 Å². The van der Waals surface area contributed by atoms with E-state index in [9.17, 15) is 4.39 Å². The van der Waals surface area contributed by atoms with Crippen molar-refractivity contribution >= 4 is 17.2 Å². The van der Waals surface area contributed by atoms with Gasteiger partial charge in [0, 0.05) is 11.6 Å². The second-order valence-corrected chi connectivity index (χ2v) is 4.78. The summed E-state index contributed by atoms with van der Waals surface area (Å²) in [7, 11) is 0. The number of halogens is 2. The van der Waals surface area contributed by atoms with Gasteiger partial charge in [-0.3, -0.25) is 0 Å². The maximum atomic E-state index is 13.2. The van der Waals surface area contributed by atoms with E-state index in [4.69, 9.17) is 11.6 Å². The lowest BCUT2D eigenvalue weighted by atomic mass is 10.1. The van der Waals surface area contributed by atoms with E-state index in [1.54, 1.807) is 10.6 Å². The summed E-state index contributed by atoms with van der Waals surface area (Å²) >= 11 is 6.15. The Morgan fingerprint density at radius 3 is 2.74 bits per heavy atom. The van der Waals surface area contributed by atoms with E-state index < -0.39 is 0 Å². The number of hydrogen-bond acceptors (Lipinski definition) is 2. The first kappa shape index (κ1) is 12.1. The van der Waals surface area contributed by atoms with Gasteiger partial charge in [0.15, 0.2) is 5.65 Å². The summed E-state index contributed by atoms with van der Waals surface area (Å²) in [6, 6.07) is 8.16. The van der Waals surface area contributed by atoms with E-state index in [-0.39, 0.29) is 5.82 Å². The van der Waals surface area contributed by atoms with Crippen LogP contribution in [0.5, 0.6) is 0 Å². The molecule has 0 radical (unpaired) electrons. The molecular formula is C14H11ClFN3. The molecule has 0 atom stereocenters. The van der Waals surface area contributed by atoms with Crippen LogP contribution in [0.3, 0.4) is 0 Å². The first-order chi connectivity index (χ1) is 9.06. The number of rotatable bonds is 1. The zero-order chi connectivity index (χ0) is 13.6. The number of benzene rings is 1. The standard InChI is InChI=1S/C14H11ClFN3/c1-8-14(15)9(2)19-13(17-8)7-12(18-19)10-4-3-5-11(16)6-10/h3-7H,1-2H3. The summed E-state index contributed by atoms with van der Waals surface area (Å²) in [6.07, 6.45) is 0. The second kappa shape index (κ2) is 4.31. The molecule has 0 bridgehead atoms. The minimum absolute atomic E-state index is 0.284. The van der Waals surface area contributed by atoms with Crippen LogP contribution in [0, 0.1) is 19.7 Å². The topological polar surface area (TPSA) is 30.2 Å². The number of nitrogens with zero attached hydrogens (tertiary/aromatic N) is 3. The Kier molecular flexibility index (Phi) is 2.75. The van der Waals surface area contributed by atoms with Crippen LogP contribution in [0.15, 0.2) is 30.3 Å². The smallest absolute Gasteiger partial charge is 0.156 e. The Bertz CT molecular complexity index is 780. The van der Waals surface area contributed by atoms with Crippen LogP contribution in [0.25, 0.3) is 16.9 Å². The minimum atomic E-state index is -0.284. The molecule has 2 heterocycles. The van der Waals surface area contributed by atoms with Crippen molar-refractivity contribution in [2.24, 2.45) is 0 Å². The Morgan fingerprint density at radius 2 is 2.00 bits per heavy atom. The molecule has 0 spiro atoms. The zero-order valence-electron chi connectivity index (χ0n) is 10.5. The molecular weight excluding hydrogens is 265 g/mol. The van der Waals surface area contributed by atoms with Crippen LogP contribution in [0.2, 0.25) is 5.02 Å². The van der Waals surface area contributed by atoms with E-state index in [0.29, 0.717) is 16.4 Å². The second-order valence-electron chi connectivity index (χ2n) is 4.41. The number of aromatic nitrogens is 3. The minimum Gasteiger partial charge on any atom is -0.232 e. The molecule has 3 aromatic rings. The van der Waals surface area contributed by atoms with Gasteiger partial charge in [0.25, 0.3) is 0 Å². The number of aryl methyl sites for hydroxylation is 2. The van der Waals surface area contributed by atoms with E-state index in [1.165, 1.54) is 12.1 Å². The van der Waals surface area contributed by atoms with Crippen molar-refractivity contribution in [3.63, 3.8) is 0 Å². The van der Waals surface area contributed by atoms with Crippen molar-refractivity contribution in [3.05, 3.63) is 52.6 Å². The largest absolute Gasteiger partial charge is 0.232 e. The van der Waals surface area contributed by atoms with Crippen LogP contribution in [0.4, 0.5) is 4.39 Å².